The van der Waals surface area contributed by atoms with E-state index in [9.17, 15) is 16.8 Å². The Labute approximate surface area is 90.3 Å². The van der Waals surface area contributed by atoms with Crippen LogP contribution in [-0.4, -0.2) is 48.7 Å². The van der Waals surface area contributed by atoms with Crippen LogP contribution in [-0.2, 0) is 29.3 Å². The highest BCUT2D eigenvalue weighted by Crippen LogP contribution is 2.29. The van der Waals surface area contributed by atoms with Gasteiger partial charge in [-0.15, -0.1) is 4.33 Å². The summed E-state index contributed by atoms with van der Waals surface area (Å²) in [6, 6.07) is 0. The van der Waals surface area contributed by atoms with Crippen molar-refractivity contribution in [3.8, 4) is 0 Å². The van der Waals surface area contributed by atoms with Crippen LogP contribution in [0.5, 0.6) is 0 Å². The average molecular weight is 280 g/mol. The van der Waals surface area contributed by atoms with E-state index in [1.807, 2.05) is 0 Å². The van der Waals surface area contributed by atoms with Crippen molar-refractivity contribution in [1.82, 2.24) is 0 Å². The highest BCUT2D eigenvalue weighted by Gasteiger charge is 2.46. The van der Waals surface area contributed by atoms with Gasteiger partial charge in [-0.05, 0) is 0 Å². The fraction of sp³-hybridized carbons (Fsp3) is 1.00. The van der Waals surface area contributed by atoms with E-state index in [-0.39, 0.29) is 0 Å². The van der Waals surface area contributed by atoms with Crippen LogP contribution in [0.1, 0.15) is 0 Å². The Kier molecular flexibility index (Phi) is 3.97. The molecule has 0 spiro atoms. The molecular weight excluding hydrogens is 272 g/mol. The van der Waals surface area contributed by atoms with Gasteiger partial charge in [-0.25, -0.2) is 13.7 Å². The zero-order valence-electron chi connectivity index (χ0n) is 7.14. The van der Waals surface area contributed by atoms with Crippen LogP contribution < -0.4 is 0 Å². The summed E-state index contributed by atoms with van der Waals surface area (Å²) in [6.45, 7) is 0. The Morgan fingerprint density at radius 2 is 1.93 bits per heavy atom. The van der Waals surface area contributed by atoms with Crippen LogP contribution in [0, 0.1) is 0 Å². The summed E-state index contributed by atoms with van der Waals surface area (Å²) in [5, 5.41) is 8.57. The monoisotopic (exact) mass is 280 g/mol. The van der Waals surface area contributed by atoms with Gasteiger partial charge in [0.15, 0.2) is 9.84 Å². The SMILES string of the molecule is O=S1(=O)CC(SOOO)C(S(=O)(=O)O)C1. The van der Waals surface area contributed by atoms with E-state index in [0.29, 0.717) is 12.0 Å². The highest BCUT2D eigenvalue weighted by atomic mass is 32.2. The first-order valence-electron chi connectivity index (χ1n) is 3.56. The van der Waals surface area contributed by atoms with Crippen molar-refractivity contribution < 1.29 is 36.0 Å². The molecule has 1 heterocycles. The summed E-state index contributed by atoms with van der Waals surface area (Å²) in [5.41, 5.74) is 0. The van der Waals surface area contributed by atoms with Gasteiger partial charge < -0.3 is 0 Å². The molecule has 2 atom stereocenters. The lowest BCUT2D eigenvalue weighted by atomic mass is 10.4. The zero-order chi connectivity index (χ0) is 11.7. The Balaban J connectivity index is 2.85. The van der Waals surface area contributed by atoms with E-state index in [1.54, 1.807) is 0 Å². The number of hydrogen-bond donors (Lipinski definition) is 2. The van der Waals surface area contributed by atoms with Crippen molar-refractivity contribution in [1.29, 1.82) is 0 Å². The highest BCUT2D eigenvalue weighted by molar-refractivity contribution is 8.00. The van der Waals surface area contributed by atoms with Crippen molar-refractivity contribution in [2.24, 2.45) is 0 Å². The maximum atomic E-state index is 11.1. The largest absolute Gasteiger partial charge is 0.285 e. The predicted molar refractivity (Wildman–Crippen MR) is 50.2 cm³/mol. The van der Waals surface area contributed by atoms with E-state index in [4.69, 9.17) is 9.81 Å². The Bertz CT molecular complexity index is 409. The quantitative estimate of drug-likeness (QED) is 0.291. The van der Waals surface area contributed by atoms with Crippen LogP contribution in [0.15, 0.2) is 0 Å². The van der Waals surface area contributed by atoms with Crippen LogP contribution in [0.3, 0.4) is 0 Å². The van der Waals surface area contributed by atoms with Gasteiger partial charge >= 0.3 is 0 Å². The van der Waals surface area contributed by atoms with Crippen molar-refractivity contribution >= 4 is 32.0 Å². The van der Waals surface area contributed by atoms with Gasteiger partial charge in [-0.1, -0.05) is 5.04 Å². The zero-order valence-corrected chi connectivity index (χ0v) is 9.59. The molecule has 2 N–H and O–H groups in total. The number of rotatable bonds is 4. The van der Waals surface area contributed by atoms with Gasteiger partial charge in [-0.2, -0.15) is 8.42 Å². The normalized spacial score (nSPS) is 30.5. The van der Waals surface area contributed by atoms with Gasteiger partial charge in [-0.3, -0.25) is 4.55 Å². The lowest BCUT2D eigenvalue weighted by Gasteiger charge is -2.11. The summed E-state index contributed by atoms with van der Waals surface area (Å²) in [4.78, 5) is 0. The summed E-state index contributed by atoms with van der Waals surface area (Å²) in [5.74, 6) is -1.14. The standard InChI is InChI=1S/C4H8O8S3/c5-11-12-13-3-1-14(6,7)2-4(3)15(8,9)10/h3-5H,1-2H2,(H,8,9,10). The molecule has 1 aliphatic rings. The summed E-state index contributed by atoms with van der Waals surface area (Å²) in [6.07, 6.45) is 0. The fourth-order valence-electron chi connectivity index (χ4n) is 1.22. The smallest absolute Gasteiger partial charge is 0.270 e. The maximum Gasteiger partial charge on any atom is 0.270 e. The van der Waals surface area contributed by atoms with Crippen LogP contribution >= 0.6 is 12.0 Å². The summed E-state index contributed by atoms with van der Waals surface area (Å²) in [7, 11) is -8.01. The Morgan fingerprint density at radius 1 is 1.33 bits per heavy atom. The second kappa shape index (κ2) is 4.53. The lowest BCUT2D eigenvalue weighted by molar-refractivity contribution is -0.432. The molecule has 0 amide bonds. The van der Waals surface area contributed by atoms with Crippen LogP contribution in [0.25, 0.3) is 0 Å². The second-order valence-electron chi connectivity index (χ2n) is 2.91. The van der Waals surface area contributed by atoms with Crippen LogP contribution in [0.2, 0.25) is 0 Å². The fourth-order valence-corrected chi connectivity index (χ4v) is 6.61. The minimum Gasteiger partial charge on any atom is -0.285 e. The molecule has 0 bridgehead atoms. The minimum atomic E-state index is -4.47. The van der Waals surface area contributed by atoms with Crippen molar-refractivity contribution in [3.05, 3.63) is 0 Å². The molecular formula is C4H8O8S3. The van der Waals surface area contributed by atoms with E-state index < -0.39 is 42.0 Å². The van der Waals surface area contributed by atoms with E-state index in [0.717, 1.165) is 0 Å². The van der Waals surface area contributed by atoms with Crippen molar-refractivity contribution in [2.45, 2.75) is 10.5 Å². The van der Waals surface area contributed by atoms with Crippen LogP contribution in [0.4, 0.5) is 0 Å². The van der Waals surface area contributed by atoms with Gasteiger partial charge in [0, 0.05) is 12.0 Å². The molecule has 0 aromatic rings. The molecule has 11 heteroatoms. The van der Waals surface area contributed by atoms with E-state index >= 15 is 0 Å². The van der Waals surface area contributed by atoms with Gasteiger partial charge in [0.25, 0.3) is 10.1 Å². The molecule has 0 radical (unpaired) electrons. The molecule has 1 saturated heterocycles. The first-order chi connectivity index (χ1) is 6.76. The topological polar surface area (TPSA) is 127 Å². The Morgan fingerprint density at radius 3 is 2.40 bits per heavy atom. The maximum absolute atomic E-state index is 11.1. The molecule has 15 heavy (non-hydrogen) atoms. The summed E-state index contributed by atoms with van der Waals surface area (Å²) >= 11 is 0.331. The minimum absolute atomic E-state index is 0.331. The molecule has 0 aromatic heterocycles. The molecule has 8 nitrogen and oxygen atoms in total. The van der Waals surface area contributed by atoms with Crippen molar-refractivity contribution in [3.63, 3.8) is 0 Å². The average Bonchev–Trinajstić information content (AvgIpc) is 2.37. The van der Waals surface area contributed by atoms with E-state index in [1.165, 1.54) is 0 Å². The first kappa shape index (κ1) is 13.2. The second-order valence-corrected chi connectivity index (χ2v) is 7.63. The van der Waals surface area contributed by atoms with Gasteiger partial charge in [0.05, 0.1) is 16.8 Å². The first-order valence-corrected chi connectivity index (χ1v) is 7.69. The molecule has 1 aliphatic heterocycles. The molecule has 2 unspecified atom stereocenters. The molecule has 90 valence electrons. The van der Waals surface area contributed by atoms with E-state index in [2.05, 4.69) is 9.37 Å². The Hall–Kier alpha value is 0.0900. The molecule has 0 saturated carbocycles. The number of hydrogen-bond acceptors (Lipinski definition) is 8. The third-order valence-corrected chi connectivity index (χ3v) is 6.30. The third-order valence-electron chi connectivity index (χ3n) is 1.83. The van der Waals surface area contributed by atoms with Gasteiger partial charge in [0.1, 0.15) is 5.25 Å². The third kappa shape index (κ3) is 3.55. The molecule has 0 aliphatic carbocycles. The van der Waals surface area contributed by atoms with Gasteiger partial charge in [0.2, 0.25) is 0 Å². The molecule has 1 rings (SSSR count). The lowest BCUT2D eigenvalue weighted by Crippen LogP contribution is -2.30. The molecule has 1 fully saturated rings. The summed E-state index contributed by atoms with van der Waals surface area (Å²) < 4.78 is 56.6. The van der Waals surface area contributed by atoms with Crippen molar-refractivity contribution in [2.75, 3.05) is 11.5 Å². The predicted octanol–water partition coefficient (Wildman–Crippen LogP) is -0.891. The number of sulfone groups is 1. The molecule has 0 aromatic carbocycles.